The van der Waals surface area contributed by atoms with E-state index in [0.29, 0.717) is 35.0 Å². The maximum atomic E-state index is 12.4. The van der Waals surface area contributed by atoms with Crippen molar-refractivity contribution in [1.29, 1.82) is 0 Å². The molecule has 1 N–H and O–H groups in total. The zero-order valence-corrected chi connectivity index (χ0v) is 15.2. The fourth-order valence-electron chi connectivity index (χ4n) is 2.92. The van der Waals surface area contributed by atoms with E-state index in [4.69, 9.17) is 16.0 Å². The van der Waals surface area contributed by atoms with Gasteiger partial charge < -0.3 is 9.73 Å². The molecule has 1 aromatic carbocycles. The quantitative estimate of drug-likeness (QED) is 0.858. The number of fused-ring (bicyclic) bond motifs is 1. The van der Waals surface area contributed by atoms with Crippen LogP contribution in [0.3, 0.4) is 0 Å². The molecule has 1 heterocycles. The first-order valence-electron chi connectivity index (χ1n) is 8.04. The number of carbonyl (C=O) groups is 1. The molecule has 0 unspecified atom stereocenters. The highest BCUT2D eigenvalue weighted by molar-refractivity contribution is 6.35. The van der Waals surface area contributed by atoms with E-state index in [9.17, 15) is 4.79 Å². The molecule has 2 rings (SSSR count). The van der Waals surface area contributed by atoms with E-state index < -0.39 is 0 Å². The third kappa shape index (κ3) is 3.88. The summed E-state index contributed by atoms with van der Waals surface area (Å²) in [7, 11) is 0. The highest BCUT2D eigenvalue weighted by atomic mass is 35.5. The summed E-state index contributed by atoms with van der Waals surface area (Å²) in [6.07, 6.45) is 0. The number of halogens is 1. The zero-order chi connectivity index (χ0) is 17.1. The fraction of sp³-hybridized carbons (Fsp3) is 0.500. The predicted molar refractivity (Wildman–Crippen MR) is 95.3 cm³/mol. The first kappa shape index (κ1) is 17.8. The lowest BCUT2D eigenvalue weighted by Gasteiger charge is -2.30. The molecule has 4 nitrogen and oxygen atoms in total. The second kappa shape index (κ2) is 7.37. The van der Waals surface area contributed by atoms with Gasteiger partial charge in [0.15, 0.2) is 11.3 Å². The van der Waals surface area contributed by atoms with E-state index in [1.54, 1.807) is 6.07 Å². The van der Waals surface area contributed by atoms with E-state index in [1.807, 2.05) is 19.1 Å². The van der Waals surface area contributed by atoms with Crippen LogP contribution in [0.25, 0.3) is 11.0 Å². The Labute approximate surface area is 142 Å². The average molecular weight is 337 g/mol. The van der Waals surface area contributed by atoms with Crippen LogP contribution >= 0.6 is 11.6 Å². The van der Waals surface area contributed by atoms with Gasteiger partial charge in [0.05, 0.1) is 5.02 Å². The minimum Gasteiger partial charge on any atom is -0.449 e. The highest BCUT2D eigenvalue weighted by Gasteiger charge is 2.19. The largest absolute Gasteiger partial charge is 0.449 e. The summed E-state index contributed by atoms with van der Waals surface area (Å²) in [4.78, 5) is 14.7. The van der Waals surface area contributed by atoms with Crippen molar-refractivity contribution in [3.8, 4) is 0 Å². The van der Waals surface area contributed by atoms with Crippen molar-refractivity contribution in [2.75, 3.05) is 13.1 Å². The number of furan rings is 1. The molecule has 5 heteroatoms. The molecule has 1 aromatic heterocycles. The van der Waals surface area contributed by atoms with E-state index >= 15 is 0 Å². The van der Waals surface area contributed by atoms with Gasteiger partial charge in [-0.1, -0.05) is 23.7 Å². The van der Waals surface area contributed by atoms with Gasteiger partial charge in [0, 0.05) is 36.1 Å². The number of rotatable bonds is 6. The molecule has 0 bridgehead atoms. The predicted octanol–water partition coefficient (Wildman–Crippen LogP) is 4.24. The Hall–Kier alpha value is -1.52. The monoisotopic (exact) mass is 336 g/mol. The van der Waals surface area contributed by atoms with Crippen LogP contribution in [0.1, 0.15) is 43.8 Å². The molecule has 0 aliphatic heterocycles. The Morgan fingerprint density at radius 2 is 1.91 bits per heavy atom. The number of benzene rings is 1. The molecule has 0 aliphatic carbocycles. The van der Waals surface area contributed by atoms with Gasteiger partial charge in [-0.05, 0) is 40.7 Å². The first-order chi connectivity index (χ1) is 10.8. The Morgan fingerprint density at radius 1 is 1.26 bits per heavy atom. The third-order valence-electron chi connectivity index (χ3n) is 4.10. The summed E-state index contributed by atoms with van der Waals surface area (Å²) in [5, 5.41) is 4.35. The molecular formula is C18H25ClN2O2. The average Bonchev–Trinajstić information content (AvgIpc) is 2.81. The van der Waals surface area contributed by atoms with Gasteiger partial charge in [0.2, 0.25) is 0 Å². The number of nitrogens with zero attached hydrogens (tertiary/aromatic N) is 1. The first-order valence-corrected chi connectivity index (χ1v) is 8.42. The van der Waals surface area contributed by atoms with Gasteiger partial charge >= 0.3 is 0 Å². The smallest absolute Gasteiger partial charge is 0.287 e. The second-order valence-electron chi connectivity index (χ2n) is 6.35. The molecule has 0 saturated carbocycles. The molecule has 2 aromatic rings. The van der Waals surface area contributed by atoms with Gasteiger partial charge in [0.1, 0.15) is 0 Å². The Bertz CT molecular complexity index is 684. The van der Waals surface area contributed by atoms with Crippen molar-refractivity contribution in [3.63, 3.8) is 0 Å². The molecule has 0 fully saturated rings. The van der Waals surface area contributed by atoms with Crippen LogP contribution < -0.4 is 5.32 Å². The van der Waals surface area contributed by atoms with Gasteiger partial charge in [0.25, 0.3) is 5.91 Å². The van der Waals surface area contributed by atoms with Crippen LogP contribution in [-0.4, -0.2) is 36.0 Å². The van der Waals surface area contributed by atoms with Gasteiger partial charge in [-0.3, -0.25) is 9.69 Å². The van der Waals surface area contributed by atoms with Crippen LogP contribution in [0.4, 0.5) is 0 Å². The summed E-state index contributed by atoms with van der Waals surface area (Å²) in [5.41, 5.74) is 1.40. The van der Waals surface area contributed by atoms with Crippen molar-refractivity contribution in [2.45, 2.75) is 46.7 Å². The normalized spacial score (nSPS) is 11.9. The minimum absolute atomic E-state index is 0.192. The number of amides is 1. The number of aryl methyl sites for hydroxylation is 1. The molecule has 0 atom stereocenters. The van der Waals surface area contributed by atoms with Crippen molar-refractivity contribution in [2.24, 2.45) is 0 Å². The summed E-state index contributed by atoms with van der Waals surface area (Å²) in [6.45, 7) is 11.9. The van der Waals surface area contributed by atoms with Crippen LogP contribution in [-0.2, 0) is 0 Å². The van der Waals surface area contributed by atoms with Crippen LogP contribution in [0.15, 0.2) is 22.6 Å². The zero-order valence-electron chi connectivity index (χ0n) is 14.4. The summed E-state index contributed by atoms with van der Waals surface area (Å²) in [6, 6.07) is 6.42. The molecule has 0 radical (unpaired) electrons. The van der Waals surface area contributed by atoms with E-state index in [-0.39, 0.29) is 5.91 Å². The number of carbonyl (C=O) groups excluding carboxylic acids is 1. The SMILES string of the molecule is Cc1c(C(=O)NCCN(C(C)C)C(C)C)oc2c(Cl)cccc12. The van der Waals surface area contributed by atoms with E-state index in [2.05, 4.69) is 37.9 Å². The minimum atomic E-state index is -0.192. The lowest BCUT2D eigenvalue weighted by atomic mass is 10.1. The Balaban J connectivity index is 2.07. The number of hydrogen-bond donors (Lipinski definition) is 1. The van der Waals surface area contributed by atoms with E-state index in [1.165, 1.54) is 0 Å². The van der Waals surface area contributed by atoms with Crippen LogP contribution in [0.2, 0.25) is 5.02 Å². The topological polar surface area (TPSA) is 45.5 Å². The van der Waals surface area contributed by atoms with Crippen molar-refractivity contribution >= 4 is 28.5 Å². The van der Waals surface area contributed by atoms with E-state index in [0.717, 1.165) is 17.5 Å². The third-order valence-corrected chi connectivity index (χ3v) is 4.40. The van der Waals surface area contributed by atoms with Crippen LogP contribution in [0.5, 0.6) is 0 Å². The Kier molecular flexibility index (Phi) is 5.71. The maximum Gasteiger partial charge on any atom is 0.287 e. The maximum absolute atomic E-state index is 12.4. The molecular weight excluding hydrogens is 312 g/mol. The van der Waals surface area contributed by atoms with Crippen molar-refractivity contribution < 1.29 is 9.21 Å². The van der Waals surface area contributed by atoms with Crippen LogP contribution in [0, 0.1) is 6.92 Å². The van der Waals surface area contributed by atoms with Gasteiger partial charge in [-0.15, -0.1) is 0 Å². The fourth-order valence-corrected chi connectivity index (χ4v) is 3.13. The standard InChI is InChI=1S/C18H25ClN2O2/c1-11(2)21(12(3)4)10-9-20-18(22)16-13(5)14-7-6-8-15(19)17(14)23-16/h6-8,11-12H,9-10H2,1-5H3,(H,20,22). The number of nitrogens with one attached hydrogen (secondary N) is 1. The van der Waals surface area contributed by atoms with Crippen molar-refractivity contribution in [1.82, 2.24) is 10.2 Å². The lowest BCUT2D eigenvalue weighted by Crippen LogP contribution is -2.42. The Morgan fingerprint density at radius 3 is 2.48 bits per heavy atom. The lowest BCUT2D eigenvalue weighted by molar-refractivity contribution is 0.0913. The molecule has 23 heavy (non-hydrogen) atoms. The second-order valence-corrected chi connectivity index (χ2v) is 6.76. The summed E-state index contributed by atoms with van der Waals surface area (Å²) >= 11 is 6.13. The van der Waals surface area contributed by atoms with Gasteiger partial charge in [-0.25, -0.2) is 0 Å². The molecule has 126 valence electrons. The molecule has 0 aliphatic rings. The number of hydrogen-bond acceptors (Lipinski definition) is 3. The molecule has 1 amide bonds. The summed E-state index contributed by atoms with van der Waals surface area (Å²) in [5.74, 6) is 0.149. The van der Waals surface area contributed by atoms with Gasteiger partial charge in [-0.2, -0.15) is 0 Å². The molecule has 0 saturated heterocycles. The molecule has 0 spiro atoms. The highest BCUT2D eigenvalue weighted by Crippen LogP contribution is 2.30. The summed E-state index contributed by atoms with van der Waals surface area (Å²) < 4.78 is 5.69. The number of para-hydroxylation sites is 1. The van der Waals surface area contributed by atoms with Crippen molar-refractivity contribution in [3.05, 3.63) is 34.5 Å².